The Hall–Kier alpha value is -0.880. The zero-order valence-corrected chi connectivity index (χ0v) is 17.8. The number of alkyl halides is 3. The molecule has 0 saturated heterocycles. The molecule has 1 aromatic heterocycles. The largest absolute Gasteiger partial charge is 0.418 e. The van der Waals surface area contributed by atoms with E-state index in [2.05, 4.69) is 4.98 Å². The topological polar surface area (TPSA) is 12.9 Å². The van der Waals surface area contributed by atoms with Crippen molar-refractivity contribution in [1.29, 1.82) is 0 Å². The van der Waals surface area contributed by atoms with Gasteiger partial charge in [-0.3, -0.25) is 4.98 Å². The van der Waals surface area contributed by atoms with Crippen molar-refractivity contribution < 1.29 is 13.2 Å². The predicted molar refractivity (Wildman–Crippen MR) is 110 cm³/mol. The number of halogens is 9. The molecular weight excluding hydrogens is 500 g/mol. The van der Waals surface area contributed by atoms with Gasteiger partial charge < -0.3 is 0 Å². The van der Waals surface area contributed by atoms with Gasteiger partial charge in [0.15, 0.2) is 0 Å². The van der Waals surface area contributed by atoms with Gasteiger partial charge in [-0.25, -0.2) is 0 Å². The Labute approximate surface area is 187 Å². The normalized spacial score (nSPS) is 11.8. The van der Waals surface area contributed by atoms with E-state index in [4.69, 9.17) is 69.6 Å². The van der Waals surface area contributed by atoms with Crippen molar-refractivity contribution in [2.75, 3.05) is 0 Å². The van der Waals surface area contributed by atoms with Crippen LogP contribution in [0, 0.1) is 0 Å². The third-order valence-corrected chi connectivity index (χ3v) is 5.84. The smallest absolute Gasteiger partial charge is 0.263 e. The molecule has 0 spiro atoms. The Kier molecular flexibility index (Phi) is 6.31. The van der Waals surface area contributed by atoms with Crippen molar-refractivity contribution in [2.24, 2.45) is 0 Å². The number of pyridine rings is 1. The first-order valence-electron chi connectivity index (χ1n) is 7.35. The lowest BCUT2D eigenvalue weighted by Gasteiger charge is -2.19. The van der Waals surface area contributed by atoms with E-state index >= 15 is 0 Å². The molecule has 1 heterocycles. The maximum Gasteiger partial charge on any atom is 0.418 e. The maximum absolute atomic E-state index is 13.8. The van der Waals surface area contributed by atoms with E-state index in [0.717, 1.165) is 0 Å². The summed E-state index contributed by atoms with van der Waals surface area (Å²) in [5.41, 5.74) is -1.20. The van der Waals surface area contributed by atoms with Gasteiger partial charge in [-0.2, -0.15) is 13.2 Å². The van der Waals surface area contributed by atoms with Crippen LogP contribution in [-0.2, 0) is 6.18 Å². The molecule has 3 rings (SSSR count). The van der Waals surface area contributed by atoms with E-state index in [-0.39, 0.29) is 52.4 Å². The molecule has 0 bridgehead atoms. The SMILES string of the molecule is FC(F)(F)c1cncc(-c2cc(Cl)cc(Cl)c2Cl)c1-c1cc(Cl)cc(Cl)c1Cl. The van der Waals surface area contributed by atoms with Crippen LogP contribution in [0.15, 0.2) is 36.7 Å². The monoisotopic (exact) mass is 503 g/mol. The molecule has 0 N–H and O–H groups in total. The van der Waals surface area contributed by atoms with Gasteiger partial charge in [0.05, 0.1) is 25.7 Å². The van der Waals surface area contributed by atoms with E-state index in [1.54, 1.807) is 0 Å². The lowest BCUT2D eigenvalue weighted by Crippen LogP contribution is -2.09. The minimum Gasteiger partial charge on any atom is -0.263 e. The van der Waals surface area contributed by atoms with Gasteiger partial charge in [-0.1, -0.05) is 69.6 Å². The molecule has 0 amide bonds. The van der Waals surface area contributed by atoms with Crippen molar-refractivity contribution in [3.05, 3.63) is 72.4 Å². The summed E-state index contributed by atoms with van der Waals surface area (Å²) < 4.78 is 41.4. The van der Waals surface area contributed by atoms with Crippen LogP contribution in [0.3, 0.4) is 0 Å². The summed E-state index contributed by atoms with van der Waals surface area (Å²) in [5.74, 6) is 0. The zero-order chi connectivity index (χ0) is 20.8. The molecule has 0 aliphatic rings. The Morgan fingerprint density at radius 1 is 0.643 bits per heavy atom. The molecule has 0 aliphatic carbocycles. The Morgan fingerprint density at radius 2 is 1.14 bits per heavy atom. The summed E-state index contributed by atoms with van der Waals surface area (Å²) in [6.07, 6.45) is -2.85. The molecule has 146 valence electrons. The molecule has 0 fully saturated rings. The quantitative estimate of drug-likeness (QED) is 0.316. The summed E-state index contributed by atoms with van der Waals surface area (Å²) in [6.45, 7) is 0. The van der Waals surface area contributed by atoms with Crippen LogP contribution in [-0.4, -0.2) is 4.98 Å². The molecule has 0 unspecified atom stereocenters. The lowest BCUT2D eigenvalue weighted by molar-refractivity contribution is -0.137. The van der Waals surface area contributed by atoms with Crippen molar-refractivity contribution in [3.63, 3.8) is 0 Å². The highest BCUT2D eigenvalue weighted by molar-refractivity contribution is 6.46. The summed E-state index contributed by atoms with van der Waals surface area (Å²) in [7, 11) is 0. The summed E-state index contributed by atoms with van der Waals surface area (Å²) in [6, 6.07) is 5.37. The van der Waals surface area contributed by atoms with Gasteiger partial charge in [0.2, 0.25) is 0 Å². The summed E-state index contributed by atoms with van der Waals surface area (Å²) in [4.78, 5) is 3.71. The molecule has 28 heavy (non-hydrogen) atoms. The summed E-state index contributed by atoms with van der Waals surface area (Å²) >= 11 is 36.6. The average molecular weight is 506 g/mol. The number of hydrogen-bond acceptors (Lipinski definition) is 1. The van der Waals surface area contributed by atoms with Crippen molar-refractivity contribution in [1.82, 2.24) is 4.98 Å². The minimum absolute atomic E-state index is 0.00437. The van der Waals surface area contributed by atoms with E-state index in [1.807, 2.05) is 0 Å². The highest BCUT2D eigenvalue weighted by Gasteiger charge is 2.36. The maximum atomic E-state index is 13.8. The molecule has 10 heteroatoms. The molecule has 2 aromatic carbocycles. The van der Waals surface area contributed by atoms with Gasteiger partial charge in [0, 0.05) is 44.7 Å². The van der Waals surface area contributed by atoms with Gasteiger partial charge in [0.1, 0.15) is 0 Å². The van der Waals surface area contributed by atoms with Crippen LogP contribution in [0.5, 0.6) is 0 Å². The third-order valence-electron chi connectivity index (χ3n) is 3.80. The molecule has 0 aliphatic heterocycles. The summed E-state index contributed by atoms with van der Waals surface area (Å²) in [5, 5.41) is 0.266. The second-order valence-electron chi connectivity index (χ2n) is 5.61. The lowest BCUT2D eigenvalue weighted by atomic mass is 9.92. The number of aromatic nitrogens is 1. The number of nitrogens with zero attached hydrogens (tertiary/aromatic N) is 1. The highest BCUT2D eigenvalue weighted by Crippen LogP contribution is 2.48. The van der Waals surface area contributed by atoms with Crippen molar-refractivity contribution in [3.8, 4) is 22.3 Å². The first-order chi connectivity index (χ1) is 13.0. The fourth-order valence-corrected chi connectivity index (χ4v) is 4.06. The van der Waals surface area contributed by atoms with E-state index < -0.39 is 11.7 Å². The molecular formula is C18H6Cl6F3N. The Balaban J connectivity index is 2.49. The molecule has 0 saturated carbocycles. The fourth-order valence-electron chi connectivity index (χ4n) is 2.66. The third kappa shape index (κ3) is 4.18. The second kappa shape index (κ2) is 8.10. The van der Waals surface area contributed by atoms with Crippen LogP contribution < -0.4 is 0 Å². The van der Waals surface area contributed by atoms with Gasteiger partial charge in [-0.15, -0.1) is 0 Å². The standard InChI is InChI=1S/C18H6Cl6F3N/c19-7-1-9(16(23)13(21)3-7)11-5-28-6-12(18(25,26)27)15(11)10-2-8(20)4-14(22)17(10)24/h1-6H. The van der Waals surface area contributed by atoms with Crippen molar-refractivity contribution in [2.45, 2.75) is 6.18 Å². The number of hydrogen-bond donors (Lipinski definition) is 0. The van der Waals surface area contributed by atoms with Crippen LogP contribution >= 0.6 is 69.6 Å². The van der Waals surface area contributed by atoms with Gasteiger partial charge in [0.25, 0.3) is 0 Å². The predicted octanol–water partition coefficient (Wildman–Crippen LogP) is 9.35. The van der Waals surface area contributed by atoms with E-state index in [9.17, 15) is 13.2 Å². The molecule has 3 aromatic rings. The van der Waals surface area contributed by atoms with E-state index in [0.29, 0.717) is 6.20 Å². The minimum atomic E-state index is -4.74. The zero-order valence-electron chi connectivity index (χ0n) is 13.3. The molecule has 0 radical (unpaired) electrons. The van der Waals surface area contributed by atoms with Gasteiger partial charge in [-0.05, 0) is 24.3 Å². The Morgan fingerprint density at radius 3 is 1.68 bits per heavy atom. The first-order valence-corrected chi connectivity index (χ1v) is 9.62. The fraction of sp³-hybridized carbons (Fsp3) is 0.0556. The van der Waals surface area contributed by atoms with Crippen molar-refractivity contribution >= 4 is 69.6 Å². The van der Waals surface area contributed by atoms with E-state index in [1.165, 1.54) is 30.5 Å². The second-order valence-corrected chi connectivity index (χ2v) is 8.05. The van der Waals surface area contributed by atoms with Crippen LogP contribution in [0.2, 0.25) is 30.1 Å². The van der Waals surface area contributed by atoms with Crippen LogP contribution in [0.25, 0.3) is 22.3 Å². The van der Waals surface area contributed by atoms with Gasteiger partial charge >= 0.3 is 6.18 Å². The number of rotatable bonds is 2. The van der Waals surface area contributed by atoms with Crippen LogP contribution in [0.1, 0.15) is 5.56 Å². The first kappa shape index (κ1) is 21.8. The Bertz CT molecular complexity index is 1080. The molecule has 0 atom stereocenters. The highest BCUT2D eigenvalue weighted by atomic mass is 35.5. The number of benzene rings is 2. The van der Waals surface area contributed by atoms with Crippen LogP contribution in [0.4, 0.5) is 13.2 Å². The average Bonchev–Trinajstić information content (AvgIpc) is 2.60. The molecule has 1 nitrogen and oxygen atoms in total.